The van der Waals surface area contributed by atoms with E-state index in [0.29, 0.717) is 27.7 Å². The molecule has 34 heavy (non-hydrogen) atoms. The van der Waals surface area contributed by atoms with Gasteiger partial charge in [-0.05, 0) is 54.5 Å². The van der Waals surface area contributed by atoms with E-state index in [1.54, 1.807) is 48.5 Å². The molecule has 0 aliphatic heterocycles. The monoisotopic (exact) mass is 474 g/mol. The van der Waals surface area contributed by atoms with Crippen LogP contribution in [0.1, 0.15) is 11.1 Å². The Labute approximate surface area is 197 Å². The minimum atomic E-state index is -3.88. The van der Waals surface area contributed by atoms with Gasteiger partial charge in [0, 0.05) is 22.5 Å². The molecule has 1 amide bonds. The molecule has 0 atom stereocenters. The predicted molar refractivity (Wildman–Crippen MR) is 133 cm³/mol. The highest BCUT2D eigenvalue weighted by molar-refractivity contribution is 7.93. The van der Waals surface area contributed by atoms with E-state index in [4.69, 9.17) is 0 Å². The lowest BCUT2D eigenvalue weighted by molar-refractivity contribution is -0.111. The fraction of sp³-hybridized carbons (Fsp3) is 0.0385. The van der Waals surface area contributed by atoms with Gasteiger partial charge >= 0.3 is 0 Å². The number of amides is 1. The molecule has 0 fully saturated rings. The second kappa shape index (κ2) is 9.29. The van der Waals surface area contributed by atoms with Gasteiger partial charge in [0.15, 0.2) is 11.5 Å². The van der Waals surface area contributed by atoms with Gasteiger partial charge < -0.3 is 15.5 Å². The van der Waals surface area contributed by atoms with E-state index in [-0.39, 0.29) is 16.4 Å². The summed E-state index contributed by atoms with van der Waals surface area (Å²) in [5.41, 5.74) is 2.27. The molecule has 172 valence electrons. The van der Waals surface area contributed by atoms with Crippen molar-refractivity contribution in [3.8, 4) is 11.5 Å². The van der Waals surface area contributed by atoms with Crippen molar-refractivity contribution in [3.05, 3.63) is 96.1 Å². The Morgan fingerprint density at radius 1 is 0.824 bits per heavy atom. The van der Waals surface area contributed by atoms with Gasteiger partial charge in [-0.2, -0.15) is 0 Å². The van der Waals surface area contributed by atoms with Crippen molar-refractivity contribution in [2.75, 3.05) is 10.0 Å². The molecular formula is C26H22N2O5S. The predicted octanol–water partition coefficient (Wildman–Crippen LogP) is 5.01. The number of nitrogens with one attached hydrogen (secondary N) is 2. The average molecular weight is 475 g/mol. The van der Waals surface area contributed by atoms with Crippen molar-refractivity contribution in [1.29, 1.82) is 0 Å². The SMILES string of the molecule is Cc1ccccc1NS(=O)(=O)c1cccc2c(NC(=O)/C=C/c3ccc(O)c(O)c3)cccc12. The summed E-state index contributed by atoms with van der Waals surface area (Å²) in [6.45, 7) is 1.82. The van der Waals surface area contributed by atoms with Crippen LogP contribution in [0.4, 0.5) is 11.4 Å². The highest BCUT2D eigenvalue weighted by Crippen LogP contribution is 2.30. The Bertz CT molecular complexity index is 1530. The van der Waals surface area contributed by atoms with Crippen LogP contribution >= 0.6 is 0 Å². The number of aromatic hydroxyl groups is 2. The maximum atomic E-state index is 13.2. The fourth-order valence-corrected chi connectivity index (χ4v) is 4.86. The third-order valence-corrected chi connectivity index (χ3v) is 6.67. The number of carbonyl (C=O) groups is 1. The Balaban J connectivity index is 1.62. The van der Waals surface area contributed by atoms with Crippen molar-refractivity contribution in [2.24, 2.45) is 0 Å². The molecule has 0 radical (unpaired) electrons. The van der Waals surface area contributed by atoms with Crippen molar-refractivity contribution >= 4 is 44.2 Å². The molecule has 0 saturated heterocycles. The van der Waals surface area contributed by atoms with E-state index < -0.39 is 15.9 Å². The normalized spacial score (nSPS) is 11.6. The van der Waals surface area contributed by atoms with E-state index in [9.17, 15) is 23.4 Å². The second-order valence-corrected chi connectivity index (χ2v) is 9.30. The number of phenolic OH excluding ortho intramolecular Hbond substituents is 2. The molecule has 0 bridgehead atoms. The summed E-state index contributed by atoms with van der Waals surface area (Å²) in [5.74, 6) is -0.976. The summed E-state index contributed by atoms with van der Waals surface area (Å²) in [6.07, 6.45) is 2.77. The van der Waals surface area contributed by atoms with Crippen LogP contribution in [0.5, 0.6) is 11.5 Å². The Kier molecular flexibility index (Phi) is 6.25. The lowest BCUT2D eigenvalue weighted by Crippen LogP contribution is -2.14. The number of anilines is 2. The molecule has 4 aromatic rings. The summed E-state index contributed by atoms with van der Waals surface area (Å²) >= 11 is 0. The smallest absolute Gasteiger partial charge is 0.262 e. The third-order valence-electron chi connectivity index (χ3n) is 5.25. The maximum Gasteiger partial charge on any atom is 0.262 e. The van der Waals surface area contributed by atoms with Gasteiger partial charge in [0.05, 0.1) is 10.6 Å². The number of para-hydroxylation sites is 1. The fourth-order valence-electron chi connectivity index (χ4n) is 3.50. The summed E-state index contributed by atoms with van der Waals surface area (Å²) in [6, 6.07) is 21.2. The first-order valence-corrected chi connectivity index (χ1v) is 11.8. The average Bonchev–Trinajstić information content (AvgIpc) is 2.81. The lowest BCUT2D eigenvalue weighted by Gasteiger charge is -2.14. The van der Waals surface area contributed by atoms with E-state index in [2.05, 4.69) is 10.0 Å². The molecule has 0 unspecified atom stereocenters. The molecule has 7 nitrogen and oxygen atoms in total. The van der Waals surface area contributed by atoms with Crippen LogP contribution in [0, 0.1) is 6.92 Å². The first kappa shape index (κ1) is 22.9. The number of fused-ring (bicyclic) bond motifs is 1. The van der Waals surface area contributed by atoms with E-state index in [0.717, 1.165) is 5.56 Å². The Hall–Kier alpha value is -4.30. The van der Waals surface area contributed by atoms with Crippen LogP contribution in [0.3, 0.4) is 0 Å². The van der Waals surface area contributed by atoms with E-state index in [1.165, 1.54) is 30.4 Å². The van der Waals surface area contributed by atoms with Crippen LogP contribution in [-0.2, 0) is 14.8 Å². The molecule has 0 aliphatic carbocycles. The van der Waals surface area contributed by atoms with Crippen LogP contribution < -0.4 is 10.0 Å². The van der Waals surface area contributed by atoms with Crippen molar-refractivity contribution < 1.29 is 23.4 Å². The van der Waals surface area contributed by atoms with Gasteiger partial charge in [-0.15, -0.1) is 0 Å². The summed E-state index contributed by atoms with van der Waals surface area (Å²) in [5, 5.41) is 22.8. The molecule has 4 N–H and O–H groups in total. The summed E-state index contributed by atoms with van der Waals surface area (Å²) < 4.78 is 29.0. The number of aryl methyl sites for hydroxylation is 1. The molecule has 0 heterocycles. The van der Waals surface area contributed by atoms with E-state index in [1.807, 2.05) is 19.1 Å². The van der Waals surface area contributed by atoms with Gasteiger partial charge in [-0.1, -0.05) is 48.5 Å². The highest BCUT2D eigenvalue weighted by atomic mass is 32.2. The topological polar surface area (TPSA) is 116 Å². The minimum absolute atomic E-state index is 0.0967. The van der Waals surface area contributed by atoms with Crippen LogP contribution in [0.25, 0.3) is 16.8 Å². The van der Waals surface area contributed by atoms with Crippen molar-refractivity contribution in [3.63, 3.8) is 0 Å². The molecule has 4 aromatic carbocycles. The molecule has 8 heteroatoms. The zero-order chi connectivity index (χ0) is 24.3. The number of benzene rings is 4. The Morgan fingerprint density at radius 3 is 2.29 bits per heavy atom. The standard InChI is InChI=1S/C26H22N2O5S/c1-17-6-2-3-9-21(17)28-34(32,33)25-11-5-7-19-20(25)8-4-10-22(19)27-26(31)15-13-18-12-14-23(29)24(30)16-18/h2-16,28-30H,1H3,(H,27,31)/b15-13+. The van der Waals surface area contributed by atoms with E-state index >= 15 is 0 Å². The molecule has 0 saturated carbocycles. The molecule has 0 aliphatic rings. The summed E-state index contributed by atoms with van der Waals surface area (Å²) in [7, 11) is -3.88. The zero-order valence-electron chi connectivity index (χ0n) is 18.2. The second-order valence-electron chi connectivity index (χ2n) is 7.65. The van der Waals surface area contributed by atoms with Crippen molar-refractivity contribution in [2.45, 2.75) is 11.8 Å². The van der Waals surface area contributed by atoms with Crippen molar-refractivity contribution in [1.82, 2.24) is 0 Å². The summed E-state index contributed by atoms with van der Waals surface area (Å²) in [4.78, 5) is 12.6. The van der Waals surface area contributed by atoms with Gasteiger partial charge in [-0.3, -0.25) is 9.52 Å². The first-order chi connectivity index (χ1) is 16.2. The van der Waals surface area contributed by atoms with Gasteiger partial charge in [0.2, 0.25) is 5.91 Å². The van der Waals surface area contributed by atoms with Gasteiger partial charge in [0.25, 0.3) is 10.0 Å². The largest absolute Gasteiger partial charge is 0.504 e. The number of hydrogen-bond donors (Lipinski definition) is 4. The minimum Gasteiger partial charge on any atom is -0.504 e. The van der Waals surface area contributed by atoms with Gasteiger partial charge in [0.1, 0.15) is 0 Å². The molecule has 0 aromatic heterocycles. The number of hydrogen-bond acceptors (Lipinski definition) is 5. The first-order valence-electron chi connectivity index (χ1n) is 10.4. The number of sulfonamides is 1. The van der Waals surface area contributed by atoms with Crippen LogP contribution in [0.2, 0.25) is 0 Å². The van der Waals surface area contributed by atoms with Gasteiger partial charge in [-0.25, -0.2) is 8.42 Å². The third kappa shape index (κ3) is 4.87. The maximum absolute atomic E-state index is 13.2. The number of carbonyl (C=O) groups excluding carboxylic acids is 1. The Morgan fingerprint density at radius 2 is 1.53 bits per heavy atom. The van der Waals surface area contributed by atoms with Crippen LogP contribution in [0.15, 0.2) is 89.8 Å². The molecular weight excluding hydrogens is 452 g/mol. The molecule has 4 rings (SSSR count). The number of phenols is 2. The zero-order valence-corrected chi connectivity index (χ0v) is 19.0. The molecule has 0 spiro atoms. The highest BCUT2D eigenvalue weighted by Gasteiger charge is 2.19. The van der Waals surface area contributed by atoms with Crippen LogP contribution in [-0.4, -0.2) is 24.5 Å². The quantitative estimate of drug-likeness (QED) is 0.232. The lowest BCUT2D eigenvalue weighted by atomic mass is 10.1. The number of rotatable bonds is 6.